The number of rotatable bonds is 4. The van der Waals surface area contributed by atoms with Crippen LogP contribution in [0.1, 0.15) is 12.0 Å². The van der Waals surface area contributed by atoms with Gasteiger partial charge >= 0.3 is 0 Å². The van der Waals surface area contributed by atoms with Crippen LogP contribution in [0.2, 0.25) is 10.0 Å². The van der Waals surface area contributed by atoms with E-state index in [9.17, 15) is 9.59 Å². The first-order valence-corrected chi connectivity index (χ1v) is 7.31. The predicted molar refractivity (Wildman–Crippen MR) is 89.5 cm³/mol. The Morgan fingerprint density at radius 2 is 1.64 bits per heavy atom. The first kappa shape index (κ1) is 16.3. The molecule has 22 heavy (non-hydrogen) atoms. The third kappa shape index (κ3) is 4.48. The molecule has 0 fully saturated rings. The van der Waals surface area contributed by atoms with Crippen LogP contribution < -0.4 is 10.6 Å². The topological polar surface area (TPSA) is 58.2 Å². The van der Waals surface area contributed by atoms with E-state index in [1.54, 1.807) is 42.5 Å². The summed E-state index contributed by atoms with van der Waals surface area (Å²) in [5.74, 6) is -0.867. The minimum Gasteiger partial charge on any atom is -0.326 e. The number of carbonyl (C=O) groups excluding carboxylic acids is 2. The van der Waals surface area contributed by atoms with Gasteiger partial charge < -0.3 is 10.6 Å². The first-order valence-electron chi connectivity index (χ1n) is 6.56. The predicted octanol–water partition coefficient (Wildman–Crippen LogP) is 4.27. The highest BCUT2D eigenvalue weighted by Gasteiger charge is 2.11. The van der Waals surface area contributed by atoms with E-state index in [1.165, 1.54) is 0 Å². The van der Waals surface area contributed by atoms with Crippen molar-refractivity contribution < 1.29 is 9.59 Å². The molecule has 2 aromatic rings. The average molecular weight is 337 g/mol. The second-order valence-electron chi connectivity index (χ2n) is 4.72. The van der Waals surface area contributed by atoms with Gasteiger partial charge in [-0.3, -0.25) is 9.59 Å². The van der Waals surface area contributed by atoms with Crippen molar-refractivity contribution in [1.82, 2.24) is 0 Å². The smallest absolute Gasteiger partial charge is 0.233 e. The van der Waals surface area contributed by atoms with E-state index in [0.29, 0.717) is 21.4 Å². The minimum absolute atomic E-state index is 0.309. The zero-order chi connectivity index (χ0) is 16.1. The maximum absolute atomic E-state index is 11.8. The molecule has 0 saturated carbocycles. The number of halogens is 2. The largest absolute Gasteiger partial charge is 0.326 e. The molecule has 114 valence electrons. The molecule has 0 heterocycles. The summed E-state index contributed by atoms with van der Waals surface area (Å²) in [7, 11) is 0. The Labute approximate surface area is 138 Å². The van der Waals surface area contributed by atoms with Gasteiger partial charge in [0.05, 0.1) is 10.7 Å². The molecule has 0 aliphatic rings. The molecule has 0 aromatic heterocycles. The van der Waals surface area contributed by atoms with Crippen molar-refractivity contribution in [2.45, 2.75) is 13.3 Å². The van der Waals surface area contributed by atoms with Gasteiger partial charge in [-0.05, 0) is 36.8 Å². The molecule has 0 aliphatic carbocycles. The highest BCUT2D eigenvalue weighted by atomic mass is 35.5. The lowest BCUT2D eigenvalue weighted by Crippen LogP contribution is -2.21. The lowest BCUT2D eigenvalue weighted by molar-refractivity contribution is -0.123. The van der Waals surface area contributed by atoms with Gasteiger partial charge in [0.15, 0.2) is 0 Å². The molecule has 6 heteroatoms. The van der Waals surface area contributed by atoms with Crippen LogP contribution in [-0.4, -0.2) is 11.8 Å². The van der Waals surface area contributed by atoms with Crippen molar-refractivity contribution in [3.63, 3.8) is 0 Å². The van der Waals surface area contributed by atoms with Gasteiger partial charge in [-0.1, -0.05) is 41.4 Å². The molecule has 2 N–H and O–H groups in total. The van der Waals surface area contributed by atoms with Crippen molar-refractivity contribution in [2.24, 2.45) is 0 Å². The van der Waals surface area contributed by atoms with Crippen LogP contribution in [-0.2, 0) is 9.59 Å². The van der Waals surface area contributed by atoms with Gasteiger partial charge in [0.2, 0.25) is 11.8 Å². The monoisotopic (exact) mass is 336 g/mol. The molecule has 0 atom stereocenters. The normalized spacial score (nSPS) is 10.1. The fourth-order valence-corrected chi connectivity index (χ4v) is 2.14. The Hall–Kier alpha value is -2.04. The fraction of sp³-hybridized carbons (Fsp3) is 0.125. The lowest BCUT2D eigenvalue weighted by Gasteiger charge is -2.08. The summed E-state index contributed by atoms with van der Waals surface area (Å²) in [6.45, 7) is 1.87. The Kier molecular flexibility index (Phi) is 5.41. The first-order chi connectivity index (χ1) is 10.5. The number of carbonyl (C=O) groups is 2. The number of nitrogens with one attached hydrogen (secondary N) is 2. The van der Waals surface area contributed by atoms with Crippen molar-refractivity contribution in [3.8, 4) is 0 Å². The molecular weight excluding hydrogens is 323 g/mol. The summed E-state index contributed by atoms with van der Waals surface area (Å²) >= 11 is 11.9. The number of amides is 2. The Morgan fingerprint density at radius 1 is 0.955 bits per heavy atom. The fourth-order valence-electron chi connectivity index (χ4n) is 1.78. The van der Waals surface area contributed by atoms with Crippen LogP contribution in [0, 0.1) is 6.92 Å². The van der Waals surface area contributed by atoms with Crippen LogP contribution >= 0.6 is 23.2 Å². The van der Waals surface area contributed by atoms with E-state index >= 15 is 0 Å². The molecule has 4 nitrogen and oxygen atoms in total. The van der Waals surface area contributed by atoms with Crippen LogP contribution in [0.5, 0.6) is 0 Å². The van der Waals surface area contributed by atoms with Crippen LogP contribution in [0.4, 0.5) is 11.4 Å². The van der Waals surface area contributed by atoms with Crippen molar-refractivity contribution in [2.75, 3.05) is 10.6 Å². The Bertz CT molecular complexity index is 717. The van der Waals surface area contributed by atoms with Crippen molar-refractivity contribution in [1.29, 1.82) is 0 Å². The van der Waals surface area contributed by atoms with E-state index in [1.807, 2.05) is 6.92 Å². The zero-order valence-electron chi connectivity index (χ0n) is 11.8. The maximum Gasteiger partial charge on any atom is 0.233 e. The highest BCUT2D eigenvalue weighted by molar-refractivity contribution is 6.33. The molecule has 0 unspecified atom stereocenters. The maximum atomic E-state index is 11.8. The van der Waals surface area contributed by atoms with E-state index < -0.39 is 11.8 Å². The number of aryl methyl sites for hydroxylation is 1. The summed E-state index contributed by atoms with van der Waals surface area (Å²) in [4.78, 5) is 23.7. The quantitative estimate of drug-likeness (QED) is 0.819. The van der Waals surface area contributed by atoms with E-state index in [4.69, 9.17) is 23.2 Å². The van der Waals surface area contributed by atoms with Crippen molar-refractivity contribution in [3.05, 3.63) is 58.1 Å². The molecule has 2 amide bonds. The van der Waals surface area contributed by atoms with E-state index in [-0.39, 0.29) is 6.42 Å². The number of benzene rings is 2. The Balaban J connectivity index is 1.92. The molecular formula is C16H14Cl2N2O2. The summed E-state index contributed by atoms with van der Waals surface area (Å²) < 4.78 is 0. The molecule has 2 aromatic carbocycles. The Morgan fingerprint density at radius 3 is 2.32 bits per heavy atom. The van der Waals surface area contributed by atoms with E-state index in [0.717, 1.165) is 5.56 Å². The molecule has 0 saturated heterocycles. The number of anilines is 2. The molecule has 0 spiro atoms. The summed E-state index contributed by atoms with van der Waals surface area (Å²) in [6.07, 6.45) is -0.309. The third-order valence-electron chi connectivity index (χ3n) is 2.92. The summed E-state index contributed by atoms with van der Waals surface area (Å²) in [6, 6.07) is 12.0. The van der Waals surface area contributed by atoms with Gasteiger partial charge in [-0.25, -0.2) is 0 Å². The van der Waals surface area contributed by atoms with Gasteiger partial charge in [-0.2, -0.15) is 0 Å². The second-order valence-corrected chi connectivity index (χ2v) is 5.53. The average Bonchev–Trinajstić information content (AvgIpc) is 2.45. The van der Waals surface area contributed by atoms with Gasteiger partial charge in [0.25, 0.3) is 0 Å². The standard InChI is InChI=1S/C16H14Cl2N2O2/c1-10-6-7-11(8-13(10)18)19-15(21)9-16(22)20-14-5-3-2-4-12(14)17/h2-8H,9H2,1H3,(H,19,21)(H,20,22). The minimum atomic E-state index is -0.441. The van der Waals surface area contributed by atoms with E-state index in [2.05, 4.69) is 10.6 Å². The summed E-state index contributed by atoms with van der Waals surface area (Å²) in [5, 5.41) is 6.19. The van der Waals surface area contributed by atoms with Gasteiger partial charge in [-0.15, -0.1) is 0 Å². The molecule has 2 rings (SSSR count). The number of hydrogen-bond acceptors (Lipinski definition) is 2. The molecule has 0 bridgehead atoms. The number of hydrogen-bond donors (Lipinski definition) is 2. The van der Waals surface area contributed by atoms with Crippen LogP contribution in [0.15, 0.2) is 42.5 Å². The second kappa shape index (κ2) is 7.29. The van der Waals surface area contributed by atoms with Crippen LogP contribution in [0.3, 0.4) is 0 Å². The van der Waals surface area contributed by atoms with Crippen LogP contribution in [0.25, 0.3) is 0 Å². The molecule has 0 radical (unpaired) electrons. The van der Waals surface area contributed by atoms with Gasteiger partial charge in [0, 0.05) is 10.7 Å². The number of para-hydroxylation sites is 1. The highest BCUT2D eigenvalue weighted by Crippen LogP contribution is 2.21. The van der Waals surface area contributed by atoms with Crippen molar-refractivity contribution >= 4 is 46.4 Å². The lowest BCUT2D eigenvalue weighted by atomic mass is 10.2. The van der Waals surface area contributed by atoms with Gasteiger partial charge in [0.1, 0.15) is 6.42 Å². The summed E-state index contributed by atoms with van der Waals surface area (Å²) in [5.41, 5.74) is 1.93. The molecule has 0 aliphatic heterocycles. The zero-order valence-corrected chi connectivity index (χ0v) is 13.3. The SMILES string of the molecule is Cc1ccc(NC(=O)CC(=O)Nc2ccccc2Cl)cc1Cl. The third-order valence-corrected chi connectivity index (χ3v) is 3.66.